The first-order chi connectivity index (χ1) is 13.1. The summed E-state index contributed by atoms with van der Waals surface area (Å²) in [4.78, 5) is 39.8. The van der Waals surface area contributed by atoms with Gasteiger partial charge in [0, 0.05) is 32.0 Å². The monoisotopic (exact) mass is 400 g/mol. The maximum atomic E-state index is 12.6. The number of hydrogen-bond donors (Lipinski definition) is 4. The van der Waals surface area contributed by atoms with E-state index < -0.39 is 47.9 Å². The van der Waals surface area contributed by atoms with Crippen molar-refractivity contribution in [2.75, 3.05) is 19.6 Å². The molecule has 1 aliphatic carbocycles. The summed E-state index contributed by atoms with van der Waals surface area (Å²) in [5, 5.41) is 39.6. The number of carbonyl (C=O) groups excluding carboxylic acids is 3. The zero-order valence-electron chi connectivity index (χ0n) is 16.0. The number of rotatable bonds is 2. The maximum Gasteiger partial charge on any atom is 0.410 e. The summed E-state index contributed by atoms with van der Waals surface area (Å²) in [5.41, 5.74) is -0.766. The molecule has 2 aliphatic heterocycles. The molecule has 6 unspecified atom stereocenters. The van der Waals surface area contributed by atoms with Crippen molar-refractivity contribution in [1.82, 2.24) is 9.80 Å². The number of nitrogens with zero attached hydrogens (tertiary/aromatic N) is 2. The van der Waals surface area contributed by atoms with E-state index in [-0.39, 0.29) is 31.3 Å². The second-order valence-electron chi connectivity index (χ2n) is 8.06. The van der Waals surface area contributed by atoms with Gasteiger partial charge < -0.3 is 30.1 Å². The number of aliphatic hydroxyl groups excluding tert-OH is 4. The van der Waals surface area contributed by atoms with E-state index in [2.05, 4.69) is 0 Å². The van der Waals surface area contributed by atoms with E-state index in [1.165, 1.54) is 16.7 Å². The van der Waals surface area contributed by atoms with Gasteiger partial charge in [-0.2, -0.15) is 0 Å². The molecule has 3 fully saturated rings. The number of aliphatic hydroxyl groups is 4. The Hall–Kier alpha value is -1.75. The largest absolute Gasteiger partial charge is 0.443 e. The minimum atomic E-state index is -1.63. The van der Waals surface area contributed by atoms with Crippen LogP contribution in [-0.2, 0) is 14.3 Å². The third kappa shape index (κ3) is 3.28. The summed E-state index contributed by atoms with van der Waals surface area (Å²) >= 11 is 0. The average molecular weight is 400 g/mol. The van der Waals surface area contributed by atoms with Gasteiger partial charge >= 0.3 is 6.09 Å². The van der Waals surface area contributed by atoms with Gasteiger partial charge in [-0.3, -0.25) is 14.5 Å². The van der Waals surface area contributed by atoms with Crippen LogP contribution in [0.5, 0.6) is 0 Å². The summed E-state index contributed by atoms with van der Waals surface area (Å²) in [6, 6.07) is 0. The van der Waals surface area contributed by atoms with E-state index in [0.717, 1.165) is 0 Å². The fraction of sp³-hybridized carbons (Fsp3) is 0.833. The predicted molar refractivity (Wildman–Crippen MR) is 93.7 cm³/mol. The SMILES string of the molecule is CCN1C(=O)CC2(CCN(C(=O)OC3C(C)C(O)C(O)C(O)C3O)CC2)C1=O. The lowest BCUT2D eigenvalue weighted by Gasteiger charge is -2.43. The number of hydrogen-bond acceptors (Lipinski definition) is 8. The Morgan fingerprint density at radius 2 is 1.64 bits per heavy atom. The highest BCUT2D eigenvalue weighted by Crippen LogP contribution is 2.42. The maximum absolute atomic E-state index is 12.6. The van der Waals surface area contributed by atoms with Crippen molar-refractivity contribution in [1.29, 1.82) is 0 Å². The Morgan fingerprint density at radius 1 is 1.07 bits per heavy atom. The Bertz CT molecular complexity index is 631. The van der Waals surface area contributed by atoms with Gasteiger partial charge in [0.2, 0.25) is 11.8 Å². The molecule has 3 aliphatic rings. The van der Waals surface area contributed by atoms with Crippen molar-refractivity contribution in [2.45, 2.75) is 63.6 Å². The summed E-state index contributed by atoms with van der Waals surface area (Å²) in [6.45, 7) is 4.03. The van der Waals surface area contributed by atoms with E-state index in [4.69, 9.17) is 4.74 Å². The second-order valence-corrected chi connectivity index (χ2v) is 8.06. The molecule has 2 heterocycles. The highest BCUT2D eigenvalue weighted by atomic mass is 16.6. The number of carbonyl (C=O) groups is 3. The van der Waals surface area contributed by atoms with E-state index in [9.17, 15) is 34.8 Å². The third-order valence-electron chi connectivity index (χ3n) is 6.46. The van der Waals surface area contributed by atoms with Gasteiger partial charge in [-0.25, -0.2) is 4.79 Å². The molecule has 1 spiro atoms. The summed E-state index contributed by atoms with van der Waals surface area (Å²) in [5.74, 6) is -1.16. The van der Waals surface area contributed by atoms with Crippen LogP contribution in [0.25, 0.3) is 0 Å². The van der Waals surface area contributed by atoms with Crippen molar-refractivity contribution in [3.63, 3.8) is 0 Å². The highest BCUT2D eigenvalue weighted by molar-refractivity contribution is 6.06. The minimum absolute atomic E-state index is 0.150. The van der Waals surface area contributed by atoms with E-state index in [1.54, 1.807) is 6.92 Å². The van der Waals surface area contributed by atoms with Gasteiger partial charge in [0.1, 0.15) is 24.4 Å². The zero-order valence-corrected chi connectivity index (χ0v) is 16.0. The summed E-state index contributed by atoms with van der Waals surface area (Å²) in [7, 11) is 0. The van der Waals surface area contributed by atoms with Gasteiger partial charge in [-0.1, -0.05) is 6.92 Å². The number of likely N-dealkylation sites (tertiary alicyclic amines) is 2. The normalized spacial score (nSPS) is 38.2. The minimum Gasteiger partial charge on any atom is -0.443 e. The molecule has 10 nitrogen and oxygen atoms in total. The lowest BCUT2D eigenvalue weighted by Crippen LogP contribution is -2.62. The van der Waals surface area contributed by atoms with Crippen molar-refractivity contribution in [3.8, 4) is 0 Å². The molecular weight excluding hydrogens is 372 g/mol. The van der Waals surface area contributed by atoms with Crippen LogP contribution in [-0.4, -0.2) is 98.3 Å². The van der Waals surface area contributed by atoms with Crippen molar-refractivity contribution in [3.05, 3.63) is 0 Å². The first-order valence-corrected chi connectivity index (χ1v) is 9.65. The van der Waals surface area contributed by atoms with Crippen molar-refractivity contribution in [2.24, 2.45) is 11.3 Å². The second kappa shape index (κ2) is 7.58. The Balaban J connectivity index is 1.62. The molecule has 10 heteroatoms. The quantitative estimate of drug-likeness (QED) is 0.407. The first-order valence-electron chi connectivity index (χ1n) is 9.65. The Kier molecular flexibility index (Phi) is 5.68. The molecule has 0 radical (unpaired) electrons. The van der Waals surface area contributed by atoms with Gasteiger partial charge in [-0.15, -0.1) is 0 Å². The molecule has 1 saturated carbocycles. The van der Waals surface area contributed by atoms with Gasteiger partial charge in [0.15, 0.2) is 0 Å². The lowest BCUT2D eigenvalue weighted by atomic mass is 9.77. The smallest absolute Gasteiger partial charge is 0.410 e. The molecule has 0 bridgehead atoms. The van der Waals surface area contributed by atoms with Gasteiger partial charge in [-0.05, 0) is 19.8 Å². The molecule has 0 aromatic carbocycles. The number of ether oxygens (including phenoxy) is 1. The standard InChI is InChI=1S/C18H28N2O8/c1-3-20-10(21)8-18(16(20)26)4-6-19(7-5-18)17(27)28-15-9(2)11(22)12(23)13(24)14(15)25/h9,11-15,22-25H,3-8H2,1-2H3. The van der Waals surface area contributed by atoms with Gasteiger partial charge in [0.25, 0.3) is 0 Å². The van der Waals surface area contributed by atoms with Crippen LogP contribution in [0.1, 0.15) is 33.1 Å². The summed E-state index contributed by atoms with van der Waals surface area (Å²) < 4.78 is 5.33. The van der Waals surface area contributed by atoms with E-state index >= 15 is 0 Å². The van der Waals surface area contributed by atoms with Crippen molar-refractivity contribution < 1.29 is 39.5 Å². The first kappa shape index (κ1) is 21.0. The van der Waals surface area contributed by atoms with Crippen LogP contribution in [0, 0.1) is 11.3 Å². The van der Waals surface area contributed by atoms with Crippen LogP contribution in [0.15, 0.2) is 0 Å². The Morgan fingerprint density at radius 3 is 2.18 bits per heavy atom. The fourth-order valence-electron chi connectivity index (χ4n) is 4.47. The fourth-order valence-corrected chi connectivity index (χ4v) is 4.47. The zero-order chi connectivity index (χ0) is 20.8. The molecule has 28 heavy (non-hydrogen) atoms. The third-order valence-corrected chi connectivity index (χ3v) is 6.46. The number of imide groups is 1. The predicted octanol–water partition coefficient (Wildman–Crippen LogP) is -1.55. The molecular formula is C18H28N2O8. The highest BCUT2D eigenvalue weighted by Gasteiger charge is 2.53. The van der Waals surface area contributed by atoms with Crippen LogP contribution in [0.3, 0.4) is 0 Å². The Labute approximate surface area is 162 Å². The van der Waals surface area contributed by atoms with Crippen LogP contribution in [0.2, 0.25) is 0 Å². The molecule has 158 valence electrons. The van der Waals surface area contributed by atoms with Crippen molar-refractivity contribution >= 4 is 17.9 Å². The number of piperidine rings is 1. The van der Waals surface area contributed by atoms with Gasteiger partial charge in [0.05, 0.1) is 11.5 Å². The molecule has 3 rings (SSSR count). The van der Waals surface area contributed by atoms with E-state index in [1.807, 2.05) is 0 Å². The van der Waals surface area contributed by atoms with Crippen LogP contribution >= 0.6 is 0 Å². The topological polar surface area (TPSA) is 148 Å². The van der Waals surface area contributed by atoms with Crippen LogP contribution in [0.4, 0.5) is 4.79 Å². The molecule has 4 N–H and O–H groups in total. The van der Waals surface area contributed by atoms with Crippen LogP contribution < -0.4 is 0 Å². The molecule has 0 aromatic rings. The molecule has 3 amide bonds. The lowest BCUT2D eigenvalue weighted by molar-refractivity contribution is -0.201. The summed E-state index contributed by atoms with van der Waals surface area (Å²) in [6.07, 6.45) is -7.10. The molecule has 0 aromatic heterocycles. The molecule has 2 saturated heterocycles. The molecule has 6 atom stereocenters. The number of amides is 3. The average Bonchev–Trinajstić information content (AvgIpc) is 2.91. The van der Waals surface area contributed by atoms with E-state index in [0.29, 0.717) is 19.4 Å².